The van der Waals surface area contributed by atoms with Crippen LogP contribution in [0, 0.1) is 6.92 Å². The van der Waals surface area contributed by atoms with Crippen LogP contribution in [0.5, 0.6) is 0 Å². The molecule has 0 saturated heterocycles. The largest absolute Gasteiger partial charge is 0.275 e. The van der Waals surface area contributed by atoms with Gasteiger partial charge in [0.2, 0.25) is 9.05 Å². The van der Waals surface area contributed by atoms with E-state index in [2.05, 4.69) is 5.10 Å². The first kappa shape index (κ1) is 10.5. The van der Waals surface area contributed by atoms with Gasteiger partial charge in [-0.3, -0.25) is 4.68 Å². The second kappa shape index (κ2) is 3.67. The Kier molecular flexibility index (Phi) is 2.98. The minimum atomic E-state index is -3.39. The maximum Gasteiger partial charge on any atom is 0.232 e. The molecule has 0 atom stereocenters. The fourth-order valence-electron chi connectivity index (χ4n) is 1.13. The lowest BCUT2D eigenvalue weighted by molar-refractivity contribution is 0.609. The summed E-state index contributed by atoms with van der Waals surface area (Å²) in [6.07, 6.45) is 2.23. The highest BCUT2D eigenvalue weighted by Gasteiger charge is 2.09. The van der Waals surface area contributed by atoms with E-state index in [0.29, 0.717) is 6.42 Å². The van der Waals surface area contributed by atoms with Crippen LogP contribution >= 0.6 is 10.7 Å². The lowest BCUT2D eigenvalue weighted by Gasteiger charge is -1.94. The lowest BCUT2D eigenvalue weighted by atomic mass is 10.2. The van der Waals surface area contributed by atoms with Crippen molar-refractivity contribution in [2.45, 2.75) is 13.3 Å². The van der Waals surface area contributed by atoms with Crippen LogP contribution in [0.2, 0.25) is 0 Å². The van der Waals surface area contributed by atoms with E-state index in [0.717, 1.165) is 11.3 Å². The Labute approximate surface area is 81.9 Å². The highest BCUT2D eigenvalue weighted by atomic mass is 35.7. The van der Waals surface area contributed by atoms with Crippen LogP contribution in [0.1, 0.15) is 11.3 Å². The van der Waals surface area contributed by atoms with Crippen LogP contribution in [0.3, 0.4) is 0 Å². The molecule has 0 aliphatic heterocycles. The molecule has 1 aromatic rings. The molecule has 0 aliphatic carbocycles. The number of nitrogens with zero attached hydrogens (tertiary/aromatic N) is 2. The van der Waals surface area contributed by atoms with E-state index in [1.54, 1.807) is 17.9 Å². The Morgan fingerprint density at radius 3 is 2.62 bits per heavy atom. The standard InChI is InChI=1S/C7H11ClN2O2S/c1-6-7(5-10(2)9-6)3-4-13(8,11)12/h5H,3-4H2,1-2H3. The van der Waals surface area contributed by atoms with Crippen molar-refractivity contribution in [1.82, 2.24) is 9.78 Å². The summed E-state index contributed by atoms with van der Waals surface area (Å²) in [5.74, 6) is -0.0406. The molecule has 0 N–H and O–H groups in total. The van der Waals surface area contributed by atoms with Gasteiger partial charge in [0.05, 0.1) is 11.4 Å². The summed E-state index contributed by atoms with van der Waals surface area (Å²) >= 11 is 0. The van der Waals surface area contributed by atoms with Crippen LogP contribution in [0.25, 0.3) is 0 Å². The van der Waals surface area contributed by atoms with Crippen molar-refractivity contribution in [3.63, 3.8) is 0 Å². The maximum atomic E-state index is 10.7. The Bertz CT molecular complexity index is 397. The van der Waals surface area contributed by atoms with Crippen LogP contribution in [-0.4, -0.2) is 24.0 Å². The number of halogens is 1. The molecule has 0 aliphatic rings. The maximum absolute atomic E-state index is 10.7. The molecule has 0 spiro atoms. The Morgan fingerprint density at radius 1 is 1.62 bits per heavy atom. The Morgan fingerprint density at radius 2 is 2.23 bits per heavy atom. The zero-order chi connectivity index (χ0) is 10.1. The average molecular weight is 223 g/mol. The third-order valence-electron chi connectivity index (χ3n) is 1.73. The number of rotatable bonds is 3. The summed E-state index contributed by atoms with van der Waals surface area (Å²) in [6.45, 7) is 1.84. The number of hydrogen-bond acceptors (Lipinski definition) is 3. The predicted molar refractivity (Wildman–Crippen MR) is 51.3 cm³/mol. The predicted octanol–water partition coefficient (Wildman–Crippen LogP) is 0.840. The van der Waals surface area contributed by atoms with Crippen LogP contribution in [0.4, 0.5) is 0 Å². The fraction of sp³-hybridized carbons (Fsp3) is 0.571. The molecule has 0 fully saturated rings. The van der Waals surface area contributed by atoms with Gasteiger partial charge in [-0.1, -0.05) is 0 Å². The van der Waals surface area contributed by atoms with E-state index >= 15 is 0 Å². The van der Waals surface area contributed by atoms with Gasteiger partial charge in [0, 0.05) is 23.9 Å². The molecule has 0 bridgehead atoms. The first-order chi connectivity index (χ1) is 5.88. The highest BCUT2D eigenvalue weighted by molar-refractivity contribution is 8.13. The minimum Gasteiger partial charge on any atom is -0.275 e. The molecule has 13 heavy (non-hydrogen) atoms. The number of aromatic nitrogens is 2. The van der Waals surface area contributed by atoms with Crippen LogP contribution in [0.15, 0.2) is 6.20 Å². The molecule has 74 valence electrons. The second-order valence-corrected chi connectivity index (χ2v) is 5.80. The van der Waals surface area contributed by atoms with E-state index in [1.165, 1.54) is 0 Å². The summed E-state index contributed by atoms with van der Waals surface area (Å²) in [5, 5.41) is 4.09. The molecule has 6 heteroatoms. The van der Waals surface area contributed by atoms with Crippen molar-refractivity contribution in [3.8, 4) is 0 Å². The van der Waals surface area contributed by atoms with Crippen molar-refractivity contribution in [2.75, 3.05) is 5.75 Å². The summed E-state index contributed by atoms with van der Waals surface area (Å²) in [4.78, 5) is 0. The van der Waals surface area contributed by atoms with E-state index in [-0.39, 0.29) is 5.75 Å². The van der Waals surface area contributed by atoms with Gasteiger partial charge in [-0.2, -0.15) is 5.10 Å². The zero-order valence-electron chi connectivity index (χ0n) is 7.49. The molecule has 1 aromatic heterocycles. The van der Waals surface area contributed by atoms with Crippen LogP contribution in [-0.2, 0) is 22.5 Å². The third kappa shape index (κ3) is 3.36. The van der Waals surface area contributed by atoms with Gasteiger partial charge in [-0.05, 0) is 18.9 Å². The molecular formula is C7H11ClN2O2S. The van der Waals surface area contributed by atoms with E-state index in [9.17, 15) is 8.42 Å². The lowest BCUT2D eigenvalue weighted by Crippen LogP contribution is -2.01. The summed E-state index contributed by atoms with van der Waals surface area (Å²) in [6, 6.07) is 0. The van der Waals surface area contributed by atoms with Crippen molar-refractivity contribution in [1.29, 1.82) is 0 Å². The third-order valence-corrected chi connectivity index (χ3v) is 2.89. The normalized spacial score (nSPS) is 11.9. The van der Waals surface area contributed by atoms with E-state index in [4.69, 9.17) is 10.7 Å². The van der Waals surface area contributed by atoms with Crippen molar-refractivity contribution >= 4 is 19.7 Å². The van der Waals surface area contributed by atoms with Crippen molar-refractivity contribution in [3.05, 3.63) is 17.5 Å². The first-order valence-corrected chi connectivity index (χ1v) is 6.28. The zero-order valence-corrected chi connectivity index (χ0v) is 9.06. The van der Waals surface area contributed by atoms with Gasteiger partial charge in [0.15, 0.2) is 0 Å². The fourth-order valence-corrected chi connectivity index (χ4v) is 1.82. The number of aryl methyl sites for hydroxylation is 3. The van der Waals surface area contributed by atoms with E-state index < -0.39 is 9.05 Å². The summed E-state index contributed by atoms with van der Waals surface area (Å²) in [5.41, 5.74) is 1.77. The average Bonchev–Trinajstić information content (AvgIpc) is 2.24. The number of hydrogen-bond donors (Lipinski definition) is 0. The van der Waals surface area contributed by atoms with Gasteiger partial charge in [-0.25, -0.2) is 8.42 Å². The molecule has 1 rings (SSSR count). The van der Waals surface area contributed by atoms with E-state index in [1.807, 2.05) is 6.92 Å². The Balaban J connectivity index is 2.70. The summed E-state index contributed by atoms with van der Waals surface area (Å²) < 4.78 is 23.0. The smallest absolute Gasteiger partial charge is 0.232 e. The SMILES string of the molecule is Cc1nn(C)cc1CCS(=O)(=O)Cl. The van der Waals surface area contributed by atoms with Gasteiger partial charge >= 0.3 is 0 Å². The minimum absolute atomic E-state index is 0.0406. The quantitative estimate of drug-likeness (QED) is 0.713. The van der Waals surface area contributed by atoms with Crippen molar-refractivity contribution in [2.24, 2.45) is 7.05 Å². The highest BCUT2D eigenvalue weighted by Crippen LogP contribution is 2.08. The molecule has 0 unspecified atom stereocenters. The van der Waals surface area contributed by atoms with Crippen LogP contribution < -0.4 is 0 Å². The van der Waals surface area contributed by atoms with Gasteiger partial charge in [-0.15, -0.1) is 0 Å². The van der Waals surface area contributed by atoms with Gasteiger partial charge in [0.1, 0.15) is 0 Å². The summed E-state index contributed by atoms with van der Waals surface area (Å²) in [7, 11) is 3.49. The van der Waals surface area contributed by atoms with Gasteiger partial charge in [0.25, 0.3) is 0 Å². The van der Waals surface area contributed by atoms with Crippen molar-refractivity contribution < 1.29 is 8.42 Å². The first-order valence-electron chi connectivity index (χ1n) is 3.80. The molecule has 1 heterocycles. The second-order valence-electron chi connectivity index (χ2n) is 2.91. The molecular weight excluding hydrogens is 212 g/mol. The molecule has 0 radical (unpaired) electrons. The molecule has 4 nitrogen and oxygen atoms in total. The molecule has 0 saturated carbocycles. The Hall–Kier alpha value is -0.550. The monoisotopic (exact) mass is 222 g/mol. The van der Waals surface area contributed by atoms with Gasteiger partial charge < -0.3 is 0 Å². The molecule has 0 amide bonds. The topological polar surface area (TPSA) is 52.0 Å². The molecule has 0 aromatic carbocycles.